The molecule has 67 heavy (non-hydrogen) atoms. The maximum Gasteiger partial charge on any atom is 0.0540 e. The number of benzene rings is 11. The molecule has 0 bridgehead atoms. The van der Waals surface area contributed by atoms with E-state index in [-0.39, 0.29) is 5.92 Å². The fourth-order valence-electron chi connectivity index (χ4n) is 11.1. The van der Waals surface area contributed by atoms with E-state index in [1.165, 1.54) is 118 Å². The summed E-state index contributed by atoms with van der Waals surface area (Å²) in [5, 5.41) is 11.7. The molecule has 0 spiro atoms. The summed E-state index contributed by atoms with van der Waals surface area (Å²) in [6.45, 7) is 0. The van der Waals surface area contributed by atoms with E-state index in [9.17, 15) is 0 Å². The second-order valence-electron chi connectivity index (χ2n) is 17.9. The van der Waals surface area contributed by atoms with Crippen LogP contribution in [0.3, 0.4) is 0 Å². The van der Waals surface area contributed by atoms with Crippen molar-refractivity contribution in [2.24, 2.45) is 0 Å². The van der Waals surface area contributed by atoms with Crippen LogP contribution in [0.25, 0.3) is 96.0 Å². The molecule has 1 nitrogen and oxygen atoms in total. The van der Waals surface area contributed by atoms with E-state index in [0.29, 0.717) is 0 Å². The third kappa shape index (κ3) is 6.19. The van der Waals surface area contributed by atoms with E-state index in [1.807, 2.05) is 22.7 Å². The third-order valence-electron chi connectivity index (χ3n) is 14.2. The highest BCUT2D eigenvalue weighted by atomic mass is 32.1. The highest BCUT2D eigenvalue weighted by molar-refractivity contribution is 7.26. The first-order valence-corrected chi connectivity index (χ1v) is 24.8. The first-order chi connectivity index (χ1) is 33.2. The number of fused-ring (bicyclic) bond motifs is 13. The number of anilines is 3. The third-order valence-corrected chi connectivity index (χ3v) is 16.6. The van der Waals surface area contributed by atoms with Gasteiger partial charge in [0.15, 0.2) is 0 Å². The maximum atomic E-state index is 2.54. The minimum absolute atomic E-state index is 0.111. The second kappa shape index (κ2) is 15.4. The van der Waals surface area contributed by atoms with Crippen LogP contribution in [-0.4, -0.2) is 0 Å². The van der Waals surface area contributed by atoms with E-state index in [2.05, 4.69) is 235 Å². The molecule has 1 aliphatic rings. The molecular formula is C64H41NS2. The summed E-state index contributed by atoms with van der Waals surface area (Å²) in [5.41, 5.74) is 13.8. The molecule has 13 aromatic rings. The lowest BCUT2D eigenvalue weighted by Gasteiger charge is -2.33. The molecule has 1 aliphatic carbocycles. The predicted octanol–water partition coefficient (Wildman–Crippen LogP) is 18.9. The molecule has 2 heterocycles. The van der Waals surface area contributed by atoms with Crippen LogP contribution in [0, 0.1) is 0 Å². The van der Waals surface area contributed by atoms with E-state index in [1.54, 1.807) is 0 Å². The molecule has 11 aromatic carbocycles. The van der Waals surface area contributed by atoms with Crippen LogP contribution in [0.2, 0.25) is 0 Å². The number of rotatable bonds is 6. The van der Waals surface area contributed by atoms with Gasteiger partial charge in [0.05, 0.1) is 11.4 Å². The maximum absolute atomic E-state index is 2.54. The molecule has 0 saturated heterocycles. The topological polar surface area (TPSA) is 3.24 Å². The quantitative estimate of drug-likeness (QED) is 0.161. The molecule has 0 aliphatic heterocycles. The Morgan fingerprint density at radius 1 is 0.373 bits per heavy atom. The molecule has 0 radical (unpaired) electrons. The fraction of sp³-hybridized carbons (Fsp3) is 0.0312. The van der Waals surface area contributed by atoms with Gasteiger partial charge in [0.1, 0.15) is 0 Å². The van der Waals surface area contributed by atoms with Crippen LogP contribution in [0.5, 0.6) is 0 Å². The Morgan fingerprint density at radius 2 is 0.955 bits per heavy atom. The van der Waals surface area contributed by atoms with Crippen molar-refractivity contribution in [3.05, 3.63) is 247 Å². The largest absolute Gasteiger partial charge is 0.310 e. The average molecular weight is 888 g/mol. The van der Waals surface area contributed by atoms with Crippen molar-refractivity contribution < 1.29 is 0 Å². The minimum Gasteiger partial charge on any atom is -0.310 e. The molecule has 14 rings (SSSR count). The monoisotopic (exact) mass is 887 g/mol. The Balaban J connectivity index is 0.988. The van der Waals surface area contributed by atoms with E-state index in [4.69, 9.17) is 0 Å². The molecule has 0 N–H and O–H groups in total. The second-order valence-corrected chi connectivity index (χ2v) is 20.1. The molecule has 0 fully saturated rings. The molecule has 0 amide bonds. The lowest BCUT2D eigenvalue weighted by atomic mass is 9.78. The molecule has 3 heteroatoms. The van der Waals surface area contributed by atoms with Crippen molar-refractivity contribution in [1.29, 1.82) is 0 Å². The van der Waals surface area contributed by atoms with E-state index < -0.39 is 0 Å². The standard InChI is InChI=1S/C64H41NS2/c1-2-13-40(14-3-1)45-27-33-57(53(37-45)54-39-47-18-7-11-23-52(47)63-62-51-22-10-6-17-44(51)29-36-60(62)67-64(54)63)65(56-24-12-19-42-15-4-8-20-49(42)56)48-31-25-41(26-32-48)46-30-34-58-55(38-46)61-50-21-9-5-16-43(50)28-35-59(61)66-58/h1-38,54H,39H2. The van der Waals surface area contributed by atoms with Crippen LogP contribution >= 0.6 is 22.7 Å². The zero-order valence-corrected chi connectivity index (χ0v) is 38.1. The zero-order chi connectivity index (χ0) is 44.0. The summed E-state index contributed by atoms with van der Waals surface area (Å²) < 4.78 is 3.99. The normalized spacial score (nSPS) is 13.5. The van der Waals surface area contributed by atoms with Gasteiger partial charge in [-0.2, -0.15) is 0 Å². The Kier molecular flexibility index (Phi) is 8.83. The van der Waals surface area contributed by atoms with Gasteiger partial charge in [0.2, 0.25) is 0 Å². The number of hydrogen-bond acceptors (Lipinski definition) is 3. The molecule has 1 atom stereocenters. The zero-order valence-electron chi connectivity index (χ0n) is 36.5. The minimum atomic E-state index is 0.111. The van der Waals surface area contributed by atoms with Crippen LogP contribution in [0.15, 0.2) is 231 Å². The summed E-state index contributed by atoms with van der Waals surface area (Å²) in [6.07, 6.45) is 0.913. The highest BCUT2D eigenvalue weighted by Crippen LogP contribution is 2.55. The molecule has 314 valence electrons. The predicted molar refractivity (Wildman–Crippen MR) is 290 cm³/mol. The molecule has 2 aromatic heterocycles. The molecule has 1 unspecified atom stereocenters. The lowest BCUT2D eigenvalue weighted by molar-refractivity contribution is 0.811. The first kappa shape index (κ1) is 38.4. The number of hydrogen-bond donors (Lipinski definition) is 0. The van der Waals surface area contributed by atoms with Gasteiger partial charge >= 0.3 is 0 Å². The van der Waals surface area contributed by atoms with Crippen LogP contribution in [-0.2, 0) is 6.42 Å². The summed E-state index contributed by atoms with van der Waals surface area (Å²) in [4.78, 5) is 3.98. The Hall–Kier alpha value is -7.82. The van der Waals surface area contributed by atoms with Crippen molar-refractivity contribution in [1.82, 2.24) is 0 Å². The van der Waals surface area contributed by atoms with E-state index in [0.717, 1.165) is 17.8 Å². The Bertz CT molecular complexity index is 4080. The van der Waals surface area contributed by atoms with Gasteiger partial charge in [-0.25, -0.2) is 0 Å². The average Bonchev–Trinajstić information content (AvgIpc) is 3.99. The lowest BCUT2D eigenvalue weighted by Crippen LogP contribution is -2.17. The SMILES string of the molecule is c1ccc(-c2ccc(N(c3ccc(-c4ccc5sc6ccc7ccccc7c6c5c4)cc3)c3cccc4ccccc34)c(C3Cc4ccccc4-c4c3sc3ccc5ccccc5c43)c2)cc1. The van der Waals surface area contributed by atoms with Gasteiger partial charge in [-0.1, -0.05) is 176 Å². The van der Waals surface area contributed by atoms with E-state index >= 15 is 0 Å². The van der Waals surface area contributed by atoms with Gasteiger partial charge in [-0.05, 0) is 127 Å². The number of thiophene rings is 2. The smallest absolute Gasteiger partial charge is 0.0540 e. The van der Waals surface area contributed by atoms with Crippen molar-refractivity contribution in [2.75, 3.05) is 4.90 Å². The first-order valence-electron chi connectivity index (χ1n) is 23.2. The van der Waals surface area contributed by atoms with Crippen LogP contribution < -0.4 is 4.90 Å². The van der Waals surface area contributed by atoms with Crippen LogP contribution in [0.1, 0.15) is 21.9 Å². The number of nitrogens with zero attached hydrogens (tertiary/aromatic N) is 1. The van der Waals surface area contributed by atoms with Crippen molar-refractivity contribution in [3.63, 3.8) is 0 Å². The summed E-state index contributed by atoms with van der Waals surface area (Å²) in [6, 6.07) is 86.1. The Labute approximate surface area is 397 Å². The summed E-state index contributed by atoms with van der Waals surface area (Å²) in [5.74, 6) is 0.111. The van der Waals surface area contributed by atoms with Crippen LogP contribution in [0.4, 0.5) is 17.1 Å². The van der Waals surface area contributed by atoms with Gasteiger partial charge < -0.3 is 4.90 Å². The van der Waals surface area contributed by atoms with Gasteiger partial charge in [0, 0.05) is 57.7 Å². The highest BCUT2D eigenvalue weighted by Gasteiger charge is 2.33. The van der Waals surface area contributed by atoms with Gasteiger partial charge in [-0.3, -0.25) is 0 Å². The fourth-order valence-corrected chi connectivity index (χ4v) is 13.6. The Morgan fingerprint density at radius 3 is 1.75 bits per heavy atom. The van der Waals surface area contributed by atoms with Crippen molar-refractivity contribution >= 4 is 102 Å². The van der Waals surface area contributed by atoms with Crippen molar-refractivity contribution in [2.45, 2.75) is 12.3 Å². The van der Waals surface area contributed by atoms with Gasteiger partial charge in [-0.15, -0.1) is 22.7 Å². The molecule has 0 saturated carbocycles. The van der Waals surface area contributed by atoms with Gasteiger partial charge in [0.25, 0.3) is 0 Å². The van der Waals surface area contributed by atoms with Crippen molar-refractivity contribution in [3.8, 4) is 33.4 Å². The molecular weight excluding hydrogens is 847 g/mol. The summed E-state index contributed by atoms with van der Waals surface area (Å²) >= 11 is 3.86. The summed E-state index contributed by atoms with van der Waals surface area (Å²) in [7, 11) is 0.